The first-order valence-corrected chi connectivity index (χ1v) is 6.26. The largest absolute Gasteiger partial charge is 0.508 e. The molecule has 0 aromatic heterocycles. The van der Waals surface area contributed by atoms with Gasteiger partial charge < -0.3 is 15.3 Å². The molecule has 0 aliphatic heterocycles. The second kappa shape index (κ2) is 6.26. The highest BCUT2D eigenvalue weighted by atomic mass is 35.5. The molecule has 1 aromatic rings. The second-order valence-electron chi connectivity index (χ2n) is 3.52. The maximum atomic E-state index is 10.7. The van der Waals surface area contributed by atoms with Crippen molar-refractivity contribution < 1.29 is 20.1 Å². The molecule has 0 radical (unpaired) electrons. The van der Waals surface area contributed by atoms with E-state index in [1.165, 1.54) is 25.1 Å². The Balaban J connectivity index is 2.77. The van der Waals surface area contributed by atoms with Gasteiger partial charge in [-0.2, -0.15) is 0 Å². The van der Waals surface area contributed by atoms with E-state index in [1.54, 1.807) is 0 Å². The van der Waals surface area contributed by atoms with Crippen molar-refractivity contribution in [2.24, 2.45) is 0 Å². The van der Waals surface area contributed by atoms with Crippen LogP contribution in [0.15, 0.2) is 18.2 Å². The summed E-state index contributed by atoms with van der Waals surface area (Å²) in [4.78, 5) is 10.7. The highest BCUT2D eigenvalue weighted by Gasteiger charge is 2.21. The van der Waals surface area contributed by atoms with Crippen LogP contribution in [0.4, 0.5) is 0 Å². The van der Waals surface area contributed by atoms with Crippen molar-refractivity contribution in [3.8, 4) is 5.75 Å². The first-order valence-electron chi connectivity index (χ1n) is 4.89. The molecule has 0 saturated carbocycles. The summed E-state index contributed by atoms with van der Waals surface area (Å²) in [6.07, 6.45) is -2.36. The van der Waals surface area contributed by atoms with E-state index in [0.717, 1.165) is 11.8 Å². The third-order valence-corrected chi connectivity index (χ3v) is 3.38. The molecule has 4 nitrogen and oxygen atoms in total. The van der Waals surface area contributed by atoms with Crippen molar-refractivity contribution in [3.63, 3.8) is 0 Å². The summed E-state index contributed by atoms with van der Waals surface area (Å²) in [7, 11) is 0. The first kappa shape index (κ1) is 14.3. The molecule has 0 bridgehead atoms. The average molecular weight is 277 g/mol. The van der Waals surface area contributed by atoms with Gasteiger partial charge in [0.1, 0.15) is 11.9 Å². The van der Waals surface area contributed by atoms with E-state index < -0.39 is 12.2 Å². The number of phenolic OH excluding ortho intramolecular Hbond substituents is 1. The molecule has 1 aromatic carbocycles. The molecule has 17 heavy (non-hydrogen) atoms. The molecule has 3 N–H and O–H groups in total. The minimum absolute atomic E-state index is 0.0464. The summed E-state index contributed by atoms with van der Waals surface area (Å²) in [5.41, 5.74) is 0.239. The molecule has 1 rings (SSSR count). The van der Waals surface area contributed by atoms with Crippen LogP contribution in [0.1, 0.15) is 18.6 Å². The number of hydrogen-bond acceptors (Lipinski definition) is 5. The van der Waals surface area contributed by atoms with Crippen LogP contribution in [0.3, 0.4) is 0 Å². The van der Waals surface area contributed by atoms with E-state index >= 15 is 0 Å². The van der Waals surface area contributed by atoms with E-state index in [1.807, 2.05) is 0 Å². The maximum absolute atomic E-state index is 10.7. The lowest BCUT2D eigenvalue weighted by Crippen LogP contribution is -2.21. The van der Waals surface area contributed by atoms with Crippen molar-refractivity contribution in [1.82, 2.24) is 0 Å². The first-order chi connectivity index (χ1) is 7.91. The Morgan fingerprint density at radius 3 is 2.71 bits per heavy atom. The number of carbonyl (C=O) groups is 1. The predicted octanol–water partition coefficient (Wildman–Crippen LogP) is 1.72. The number of carbonyl (C=O) groups excluding carboxylic acids is 1. The number of thioether (sulfide) groups is 1. The van der Waals surface area contributed by atoms with Gasteiger partial charge in [0, 0.05) is 23.3 Å². The van der Waals surface area contributed by atoms with Crippen LogP contribution >= 0.6 is 23.4 Å². The van der Waals surface area contributed by atoms with Crippen molar-refractivity contribution >= 4 is 28.5 Å². The van der Waals surface area contributed by atoms with E-state index in [2.05, 4.69) is 0 Å². The molecule has 94 valence electrons. The van der Waals surface area contributed by atoms with Gasteiger partial charge in [0.15, 0.2) is 5.12 Å². The highest BCUT2D eigenvalue weighted by Crippen LogP contribution is 2.29. The van der Waals surface area contributed by atoms with Gasteiger partial charge >= 0.3 is 0 Å². The number of phenols is 1. The molecule has 0 spiro atoms. The third kappa shape index (κ3) is 4.20. The smallest absolute Gasteiger partial charge is 0.185 e. The predicted molar refractivity (Wildman–Crippen MR) is 67.2 cm³/mol. The van der Waals surface area contributed by atoms with Crippen molar-refractivity contribution in [2.75, 3.05) is 5.75 Å². The molecular formula is C11H13ClO4S. The van der Waals surface area contributed by atoms with Crippen LogP contribution in [0.5, 0.6) is 5.75 Å². The number of benzene rings is 1. The van der Waals surface area contributed by atoms with Gasteiger partial charge in [0.2, 0.25) is 0 Å². The normalized spacial score (nSPS) is 14.4. The van der Waals surface area contributed by atoms with Crippen LogP contribution in [0.2, 0.25) is 5.02 Å². The Hall–Kier alpha value is -0.750. The lowest BCUT2D eigenvalue weighted by atomic mass is 10.1. The number of halogens is 1. The quantitative estimate of drug-likeness (QED) is 0.780. The molecule has 6 heteroatoms. The van der Waals surface area contributed by atoms with Gasteiger partial charge in [-0.3, -0.25) is 4.79 Å². The van der Waals surface area contributed by atoms with Crippen LogP contribution in [0.25, 0.3) is 0 Å². The summed E-state index contributed by atoms with van der Waals surface area (Å²) < 4.78 is 0. The fourth-order valence-corrected chi connectivity index (χ4v) is 2.08. The molecule has 2 atom stereocenters. The van der Waals surface area contributed by atoms with Gasteiger partial charge in [-0.1, -0.05) is 23.4 Å². The standard InChI is InChI=1S/C11H13ClO4S/c1-6(13)17-5-10(15)11(16)8-4-7(14)2-3-9(8)12/h2-4,10-11,14-16H,5H2,1H3. The molecule has 0 saturated heterocycles. The van der Waals surface area contributed by atoms with E-state index in [4.69, 9.17) is 11.6 Å². The lowest BCUT2D eigenvalue weighted by molar-refractivity contribution is -0.109. The van der Waals surface area contributed by atoms with Crippen molar-refractivity contribution in [3.05, 3.63) is 28.8 Å². The van der Waals surface area contributed by atoms with E-state index in [9.17, 15) is 20.1 Å². The Kier molecular flexibility index (Phi) is 5.27. The summed E-state index contributed by atoms with van der Waals surface area (Å²) in [6, 6.07) is 4.10. The number of aliphatic hydroxyl groups excluding tert-OH is 2. The maximum Gasteiger partial charge on any atom is 0.185 e. The topological polar surface area (TPSA) is 77.8 Å². The zero-order chi connectivity index (χ0) is 13.0. The molecule has 0 aliphatic carbocycles. The second-order valence-corrected chi connectivity index (χ2v) is 5.12. The zero-order valence-corrected chi connectivity index (χ0v) is 10.7. The molecule has 0 aliphatic rings. The third-order valence-electron chi connectivity index (χ3n) is 2.12. The van der Waals surface area contributed by atoms with Crippen LogP contribution in [0, 0.1) is 0 Å². The molecule has 0 fully saturated rings. The summed E-state index contributed by atoms with van der Waals surface area (Å²) in [6.45, 7) is 1.38. The van der Waals surface area contributed by atoms with Gasteiger partial charge in [0.05, 0.1) is 6.10 Å². The van der Waals surface area contributed by atoms with Gasteiger partial charge in [-0.25, -0.2) is 0 Å². The zero-order valence-electron chi connectivity index (χ0n) is 9.13. The van der Waals surface area contributed by atoms with Crippen LogP contribution < -0.4 is 0 Å². The lowest BCUT2D eigenvalue weighted by Gasteiger charge is -2.18. The Morgan fingerprint density at radius 1 is 1.47 bits per heavy atom. The number of rotatable bonds is 4. The molecule has 0 heterocycles. The number of aliphatic hydroxyl groups is 2. The molecule has 0 amide bonds. The van der Waals surface area contributed by atoms with Crippen molar-refractivity contribution in [1.29, 1.82) is 0 Å². The fourth-order valence-electron chi connectivity index (χ4n) is 1.26. The van der Waals surface area contributed by atoms with Crippen LogP contribution in [-0.4, -0.2) is 32.3 Å². The highest BCUT2D eigenvalue weighted by molar-refractivity contribution is 8.13. The Labute approximate surface area is 108 Å². The van der Waals surface area contributed by atoms with Gasteiger partial charge in [-0.05, 0) is 18.2 Å². The minimum Gasteiger partial charge on any atom is -0.508 e. The monoisotopic (exact) mass is 276 g/mol. The van der Waals surface area contributed by atoms with Gasteiger partial charge in [0.25, 0.3) is 0 Å². The molecular weight excluding hydrogens is 264 g/mol. The Morgan fingerprint density at radius 2 is 2.12 bits per heavy atom. The van der Waals surface area contributed by atoms with E-state index in [-0.39, 0.29) is 27.2 Å². The summed E-state index contributed by atoms with van der Waals surface area (Å²) >= 11 is 6.76. The fraction of sp³-hybridized carbons (Fsp3) is 0.364. The summed E-state index contributed by atoms with van der Waals surface area (Å²) in [5, 5.41) is 28.9. The minimum atomic E-state index is -1.23. The molecule has 2 unspecified atom stereocenters. The van der Waals surface area contributed by atoms with E-state index in [0.29, 0.717) is 0 Å². The van der Waals surface area contributed by atoms with Gasteiger partial charge in [-0.15, -0.1) is 0 Å². The number of hydrogen-bond donors (Lipinski definition) is 3. The summed E-state index contributed by atoms with van der Waals surface area (Å²) in [5.74, 6) is 0.0255. The van der Waals surface area contributed by atoms with Crippen LogP contribution in [-0.2, 0) is 4.79 Å². The SMILES string of the molecule is CC(=O)SCC(O)C(O)c1cc(O)ccc1Cl. The van der Waals surface area contributed by atoms with Crippen molar-refractivity contribution in [2.45, 2.75) is 19.1 Å². The Bertz CT molecular complexity index is 410. The number of aromatic hydroxyl groups is 1. The average Bonchev–Trinajstić information content (AvgIpc) is 2.28.